The molecule has 1 aliphatic carbocycles. The molecule has 13 heavy (non-hydrogen) atoms. The summed E-state index contributed by atoms with van der Waals surface area (Å²) >= 11 is 0. The Balaban J connectivity index is 2.56. The van der Waals surface area contributed by atoms with E-state index in [2.05, 4.69) is 17.1 Å². The molecule has 0 N–H and O–H groups in total. The van der Waals surface area contributed by atoms with Crippen molar-refractivity contribution in [3.8, 4) is 11.3 Å². The summed E-state index contributed by atoms with van der Waals surface area (Å²) in [6, 6.07) is 10.2. The molecule has 0 amide bonds. The van der Waals surface area contributed by atoms with E-state index in [0.29, 0.717) is 0 Å². The molecule has 0 radical (unpaired) electrons. The molecular weight excluding hydrogens is 162 g/mol. The Bertz CT molecular complexity index is 527. The Morgan fingerprint density at radius 2 is 2.08 bits per heavy atom. The lowest BCUT2D eigenvalue weighted by Gasteiger charge is -1.94. The Morgan fingerprint density at radius 3 is 3.08 bits per heavy atom. The third kappa shape index (κ3) is 0.855. The zero-order chi connectivity index (χ0) is 8.67. The average Bonchev–Trinajstić information content (AvgIpc) is 2.56. The van der Waals surface area contributed by atoms with E-state index in [4.69, 9.17) is 4.42 Å². The first kappa shape index (κ1) is 6.66. The van der Waals surface area contributed by atoms with Gasteiger partial charge in [0.1, 0.15) is 5.76 Å². The van der Waals surface area contributed by atoms with E-state index in [1.807, 2.05) is 24.4 Å². The highest BCUT2D eigenvalue weighted by Crippen LogP contribution is 2.32. The summed E-state index contributed by atoms with van der Waals surface area (Å²) in [6.45, 7) is 0. The molecule has 2 nitrogen and oxygen atoms in total. The van der Waals surface area contributed by atoms with Crippen molar-refractivity contribution in [2.75, 3.05) is 0 Å². The van der Waals surface area contributed by atoms with Crippen molar-refractivity contribution >= 4 is 10.8 Å². The second-order valence-corrected chi connectivity index (χ2v) is 3.01. The molecule has 62 valence electrons. The van der Waals surface area contributed by atoms with Crippen molar-refractivity contribution in [1.82, 2.24) is 4.98 Å². The van der Waals surface area contributed by atoms with Crippen LogP contribution in [0.4, 0.5) is 0 Å². The van der Waals surface area contributed by atoms with Crippen LogP contribution in [0.25, 0.3) is 22.1 Å². The summed E-state index contributed by atoms with van der Waals surface area (Å²) in [5, 5.41) is 2.41. The Labute approximate surface area is 75.2 Å². The average molecular weight is 169 g/mol. The van der Waals surface area contributed by atoms with Gasteiger partial charge in [-0.3, -0.25) is 0 Å². The number of hydrogen-bond acceptors (Lipinski definition) is 2. The van der Waals surface area contributed by atoms with Gasteiger partial charge >= 0.3 is 0 Å². The number of benzene rings is 1. The smallest absolute Gasteiger partial charge is 0.181 e. The first-order chi connectivity index (χ1) is 6.45. The van der Waals surface area contributed by atoms with Crippen LogP contribution in [0.15, 0.2) is 47.3 Å². The molecule has 0 saturated carbocycles. The van der Waals surface area contributed by atoms with Crippen molar-refractivity contribution in [2.45, 2.75) is 0 Å². The van der Waals surface area contributed by atoms with Crippen molar-refractivity contribution in [3.05, 3.63) is 42.9 Å². The summed E-state index contributed by atoms with van der Waals surface area (Å²) in [6.07, 6.45) is 3.29. The van der Waals surface area contributed by atoms with Crippen molar-refractivity contribution in [1.29, 1.82) is 0 Å². The van der Waals surface area contributed by atoms with Crippen LogP contribution in [-0.4, -0.2) is 4.98 Å². The van der Waals surface area contributed by atoms with E-state index in [9.17, 15) is 0 Å². The van der Waals surface area contributed by atoms with Crippen LogP contribution in [0, 0.1) is 0 Å². The fourth-order valence-corrected chi connectivity index (χ4v) is 1.64. The molecular formula is C11H7NO. The summed E-state index contributed by atoms with van der Waals surface area (Å²) < 4.78 is 5.29. The molecule has 1 aromatic carbocycles. The summed E-state index contributed by atoms with van der Waals surface area (Å²) in [4.78, 5) is 3.97. The third-order valence-corrected chi connectivity index (χ3v) is 2.25. The lowest BCUT2D eigenvalue weighted by Crippen LogP contribution is -1.74. The van der Waals surface area contributed by atoms with Gasteiger partial charge in [0.05, 0.1) is 0 Å². The Morgan fingerprint density at radius 1 is 1.15 bits per heavy atom. The minimum atomic E-state index is 0.899. The fourth-order valence-electron chi connectivity index (χ4n) is 1.64. The van der Waals surface area contributed by atoms with Crippen molar-refractivity contribution in [3.63, 3.8) is 0 Å². The van der Waals surface area contributed by atoms with E-state index in [0.717, 1.165) is 11.3 Å². The van der Waals surface area contributed by atoms with E-state index in [1.165, 1.54) is 17.2 Å². The topological polar surface area (TPSA) is 26.0 Å². The molecule has 1 aliphatic heterocycles. The number of nitrogens with zero attached hydrogens (tertiary/aromatic N) is 1. The van der Waals surface area contributed by atoms with Crippen LogP contribution in [0.5, 0.6) is 0 Å². The zero-order valence-corrected chi connectivity index (χ0v) is 6.90. The van der Waals surface area contributed by atoms with Crippen LogP contribution in [0.3, 0.4) is 0 Å². The van der Waals surface area contributed by atoms with Crippen molar-refractivity contribution in [2.24, 2.45) is 0 Å². The summed E-state index contributed by atoms with van der Waals surface area (Å²) in [5.74, 6) is 0.899. The lowest BCUT2D eigenvalue weighted by molar-refractivity contribution is 0.544. The maximum atomic E-state index is 5.29. The van der Waals surface area contributed by atoms with Gasteiger partial charge in [-0.1, -0.05) is 24.3 Å². The van der Waals surface area contributed by atoms with Crippen LogP contribution in [0.1, 0.15) is 0 Å². The normalized spacial score (nSPS) is 11.1. The molecule has 0 spiro atoms. The highest BCUT2D eigenvalue weighted by molar-refractivity contribution is 6.00. The monoisotopic (exact) mass is 169 g/mol. The quantitative estimate of drug-likeness (QED) is 0.517. The SMILES string of the molecule is c1ccc2c3cncoc-3cc2c1. The van der Waals surface area contributed by atoms with Crippen LogP contribution in [0.2, 0.25) is 0 Å². The first-order valence-corrected chi connectivity index (χ1v) is 4.15. The van der Waals surface area contributed by atoms with Gasteiger partial charge in [0, 0.05) is 11.8 Å². The zero-order valence-electron chi connectivity index (χ0n) is 6.90. The van der Waals surface area contributed by atoms with Gasteiger partial charge in [-0.25, -0.2) is 4.98 Å². The second kappa shape index (κ2) is 2.33. The molecule has 0 atom stereocenters. The Hall–Kier alpha value is -1.83. The predicted molar refractivity (Wildman–Crippen MR) is 50.6 cm³/mol. The van der Waals surface area contributed by atoms with E-state index in [1.54, 1.807) is 0 Å². The first-order valence-electron chi connectivity index (χ1n) is 4.15. The van der Waals surface area contributed by atoms with Crippen LogP contribution in [-0.2, 0) is 0 Å². The van der Waals surface area contributed by atoms with E-state index >= 15 is 0 Å². The van der Waals surface area contributed by atoms with Gasteiger partial charge in [-0.2, -0.15) is 0 Å². The maximum absolute atomic E-state index is 5.29. The number of hydrogen-bond donors (Lipinski definition) is 0. The van der Waals surface area contributed by atoms with Crippen LogP contribution >= 0.6 is 0 Å². The fraction of sp³-hybridized carbons (Fsp3) is 0. The third-order valence-electron chi connectivity index (χ3n) is 2.25. The molecule has 2 heteroatoms. The van der Waals surface area contributed by atoms with Crippen molar-refractivity contribution < 1.29 is 4.42 Å². The highest BCUT2D eigenvalue weighted by atomic mass is 16.3. The maximum Gasteiger partial charge on any atom is 0.181 e. The molecule has 0 aromatic heterocycles. The lowest BCUT2D eigenvalue weighted by atomic mass is 10.2. The summed E-state index contributed by atoms with van der Waals surface area (Å²) in [5.41, 5.74) is 1.08. The predicted octanol–water partition coefficient (Wildman–Crippen LogP) is 2.93. The Kier molecular flexibility index (Phi) is 1.19. The number of fused-ring (bicyclic) bond motifs is 3. The van der Waals surface area contributed by atoms with Gasteiger partial charge in [0.25, 0.3) is 0 Å². The van der Waals surface area contributed by atoms with E-state index < -0.39 is 0 Å². The minimum absolute atomic E-state index is 0.899. The van der Waals surface area contributed by atoms with E-state index in [-0.39, 0.29) is 0 Å². The molecule has 1 heterocycles. The van der Waals surface area contributed by atoms with Gasteiger partial charge in [0.2, 0.25) is 0 Å². The molecule has 0 bridgehead atoms. The van der Waals surface area contributed by atoms with Crippen LogP contribution < -0.4 is 0 Å². The van der Waals surface area contributed by atoms with Gasteiger partial charge in [-0.05, 0) is 16.8 Å². The molecule has 0 fully saturated rings. The van der Waals surface area contributed by atoms with Gasteiger partial charge < -0.3 is 4.42 Å². The molecule has 1 aromatic rings. The molecule has 2 aliphatic rings. The standard InChI is InChI=1S/C11H7NO/c1-2-4-9-8(3-1)5-11-10(9)6-12-7-13-11/h1-7H. The molecule has 3 rings (SSSR count). The number of aromatic nitrogens is 1. The number of rotatable bonds is 0. The highest BCUT2D eigenvalue weighted by Gasteiger charge is 2.10. The summed E-state index contributed by atoms with van der Waals surface area (Å²) in [7, 11) is 0. The molecule has 0 saturated heterocycles. The minimum Gasteiger partial charge on any atom is -0.445 e. The molecule has 0 unspecified atom stereocenters. The largest absolute Gasteiger partial charge is 0.445 e. The van der Waals surface area contributed by atoms with Gasteiger partial charge in [-0.15, -0.1) is 0 Å². The second-order valence-electron chi connectivity index (χ2n) is 3.01. The van der Waals surface area contributed by atoms with Gasteiger partial charge in [0.15, 0.2) is 6.39 Å².